The molecule has 2 N–H and O–H groups in total. The summed E-state index contributed by atoms with van der Waals surface area (Å²) in [4.78, 5) is 37.8. The van der Waals surface area contributed by atoms with E-state index in [1.807, 2.05) is 0 Å². The summed E-state index contributed by atoms with van der Waals surface area (Å²) in [5, 5.41) is -6.12. The quantitative estimate of drug-likeness (QED) is 0.0824. The number of alkyl halides is 5. The van der Waals surface area contributed by atoms with Crippen molar-refractivity contribution in [2.45, 2.75) is 57.8 Å². The molecule has 0 amide bonds. The Morgan fingerprint density at radius 1 is 0.920 bits per heavy atom. The van der Waals surface area contributed by atoms with Gasteiger partial charge in [-0.25, -0.2) is 9.00 Å². The molecular formula is C34H29F5O9S2. The molecular weight excluding hydrogens is 711 g/mol. The minimum absolute atomic E-state index is 0.0451. The Hall–Kier alpha value is -4.12. The molecule has 0 spiro atoms. The van der Waals surface area contributed by atoms with Gasteiger partial charge in [0.2, 0.25) is 0 Å². The fourth-order valence-electron chi connectivity index (χ4n) is 7.92. The normalized spacial score (nSPS) is 28.0. The smallest absolute Gasteiger partial charge is 0.432 e. The summed E-state index contributed by atoms with van der Waals surface area (Å²) in [6.07, 6.45) is -13.3. The van der Waals surface area contributed by atoms with Gasteiger partial charge in [0.05, 0.1) is 11.8 Å². The Kier molecular flexibility index (Phi) is 7.51. The van der Waals surface area contributed by atoms with Gasteiger partial charge < -0.3 is 14.2 Å². The van der Waals surface area contributed by atoms with Crippen molar-refractivity contribution in [1.29, 1.82) is 0 Å². The van der Waals surface area contributed by atoms with Gasteiger partial charge in [0.25, 0.3) is 6.10 Å². The summed E-state index contributed by atoms with van der Waals surface area (Å²) in [6.45, 7) is 4.76. The minimum atomic E-state index is -8.10. The second kappa shape index (κ2) is 10.9. The van der Waals surface area contributed by atoms with E-state index in [0.717, 1.165) is 12.1 Å². The average Bonchev–Trinajstić information content (AvgIpc) is 3.76. The molecule has 2 saturated carbocycles. The van der Waals surface area contributed by atoms with Crippen molar-refractivity contribution in [1.82, 2.24) is 0 Å². The highest BCUT2D eigenvalue weighted by Crippen LogP contribution is 2.87. The molecule has 2 aliphatic heterocycles. The maximum atomic E-state index is 17.0. The summed E-state index contributed by atoms with van der Waals surface area (Å²) in [7, 11) is -12.7. The van der Waals surface area contributed by atoms with Crippen LogP contribution < -0.4 is 0 Å². The van der Waals surface area contributed by atoms with E-state index in [9.17, 15) is 40.9 Å². The van der Waals surface area contributed by atoms with E-state index in [-0.39, 0.29) is 37.8 Å². The molecule has 2 aliphatic carbocycles. The summed E-state index contributed by atoms with van der Waals surface area (Å²) in [5.41, 5.74) is 0.195. The van der Waals surface area contributed by atoms with Crippen LogP contribution in [0.5, 0.6) is 0 Å². The van der Waals surface area contributed by atoms with Gasteiger partial charge in [-0.15, -0.1) is 0 Å². The maximum Gasteiger partial charge on any atom is 0.432 e. The zero-order valence-corrected chi connectivity index (χ0v) is 27.6. The largest absolute Gasteiger partial charge is 0.458 e. The number of hydrogen-bond acceptors (Lipinski definition) is 7. The predicted molar refractivity (Wildman–Crippen MR) is 168 cm³/mol. The molecule has 16 heteroatoms. The number of benzene rings is 3. The van der Waals surface area contributed by atoms with Crippen molar-refractivity contribution in [2.75, 3.05) is 0 Å². The minimum Gasteiger partial charge on any atom is -0.458 e. The third-order valence-electron chi connectivity index (χ3n) is 9.92. The lowest BCUT2D eigenvalue weighted by Gasteiger charge is -2.55. The summed E-state index contributed by atoms with van der Waals surface area (Å²) >= 11 is 0. The van der Waals surface area contributed by atoms with Crippen LogP contribution in [-0.4, -0.2) is 61.0 Å². The highest BCUT2D eigenvalue weighted by Gasteiger charge is 2.79. The Morgan fingerprint density at radius 2 is 1.46 bits per heavy atom. The number of fused-ring (bicyclic) bond motifs is 4. The Labute approximate surface area is 282 Å². The SMILES string of the molecule is C=C(C)C(=O)OC1C2CC3C1OC(=O)C3C2C(=O)OC(C(F)(F)F)C(F)(F)S(=O)(O)(O)S1(c2ccccc2)c2ccccc2-c2ccccc21. The number of carbonyl (C=O) groups is 3. The standard InChI is InChI=1S/C34H29F5O9S2/c1-17(2)29(40)46-27-22-16-21-25(30(41)47-28(21)27)26(22)31(42)48-32(33(35,36)37)34(38,39)50(43,44,45)49(18-10-4-3-5-11-18)23-14-8-6-12-19(23)20-13-7-9-15-24(20)49/h3-15,21-22,25-28,32H,1,16H2,2H3,(H2,43,44,45). The van der Waals surface area contributed by atoms with Crippen molar-refractivity contribution >= 4 is 35.6 Å². The van der Waals surface area contributed by atoms with Gasteiger partial charge in [-0.2, -0.15) is 22.0 Å². The van der Waals surface area contributed by atoms with Crippen LogP contribution in [0.15, 0.2) is 106 Å². The number of ether oxygens (including phenoxy) is 3. The van der Waals surface area contributed by atoms with E-state index in [0.29, 0.717) is 0 Å². The van der Waals surface area contributed by atoms with E-state index >= 15 is 8.78 Å². The first-order valence-electron chi connectivity index (χ1n) is 15.3. The molecule has 4 aliphatic rings. The molecule has 266 valence electrons. The Bertz CT molecular complexity index is 1980. The van der Waals surface area contributed by atoms with Crippen molar-refractivity contribution < 1.29 is 63.9 Å². The first-order valence-corrected chi connectivity index (χ1v) is 19.3. The summed E-state index contributed by atoms with van der Waals surface area (Å²) in [6, 6.07) is 17.3. The van der Waals surface area contributed by atoms with Crippen molar-refractivity contribution in [2.24, 2.45) is 23.7 Å². The van der Waals surface area contributed by atoms with Gasteiger partial charge >= 0.3 is 29.3 Å². The molecule has 50 heavy (non-hydrogen) atoms. The first-order chi connectivity index (χ1) is 23.3. The monoisotopic (exact) mass is 740 g/mol. The van der Waals surface area contributed by atoms with Crippen LogP contribution >= 0.6 is 9.06 Å². The van der Waals surface area contributed by atoms with Crippen LogP contribution in [0.2, 0.25) is 0 Å². The fraction of sp³-hybridized carbons (Fsp3) is 0.324. The van der Waals surface area contributed by atoms with Gasteiger partial charge in [-0.1, -0.05) is 70.2 Å². The number of esters is 3. The Balaban J connectivity index is 1.36. The number of carbonyl (C=O) groups excluding carboxylic acids is 3. The highest BCUT2D eigenvalue weighted by atomic mass is 33.2. The van der Waals surface area contributed by atoms with E-state index in [2.05, 4.69) is 11.3 Å². The summed E-state index contributed by atoms with van der Waals surface area (Å²) < 4.78 is 133. The van der Waals surface area contributed by atoms with Crippen LogP contribution in [0.3, 0.4) is 0 Å². The van der Waals surface area contributed by atoms with Crippen LogP contribution in [0.1, 0.15) is 13.3 Å². The van der Waals surface area contributed by atoms with Crippen molar-refractivity contribution in [3.8, 4) is 11.1 Å². The van der Waals surface area contributed by atoms with E-state index < -0.39 is 89.0 Å². The highest BCUT2D eigenvalue weighted by molar-refractivity contribution is 8.98. The molecule has 0 radical (unpaired) electrons. The second-order valence-electron chi connectivity index (χ2n) is 12.7. The van der Waals surface area contributed by atoms with Gasteiger partial charge in [-0.3, -0.25) is 18.7 Å². The molecule has 3 aromatic rings. The third-order valence-corrected chi connectivity index (χ3v) is 19.9. The lowest BCUT2D eigenvalue weighted by Crippen LogP contribution is -2.63. The molecule has 7 atom stereocenters. The molecule has 7 rings (SSSR count). The number of hydrogen-bond donors (Lipinski definition) is 2. The maximum absolute atomic E-state index is 17.0. The van der Waals surface area contributed by atoms with Crippen LogP contribution in [-0.2, 0) is 37.3 Å². The summed E-state index contributed by atoms with van der Waals surface area (Å²) in [5.74, 6) is -9.14. The molecule has 7 unspecified atom stereocenters. The van der Waals surface area contributed by atoms with Gasteiger partial charge in [0, 0.05) is 32.1 Å². The first kappa shape index (κ1) is 34.3. The average molecular weight is 741 g/mol. The van der Waals surface area contributed by atoms with E-state index in [4.69, 9.17) is 9.47 Å². The third kappa shape index (κ3) is 4.37. The number of halogens is 5. The molecule has 3 aromatic carbocycles. The van der Waals surface area contributed by atoms with Crippen LogP contribution in [0.4, 0.5) is 22.0 Å². The van der Waals surface area contributed by atoms with Gasteiger partial charge in [0.15, 0.2) is 8.66 Å². The van der Waals surface area contributed by atoms with E-state index in [1.165, 1.54) is 73.7 Å². The van der Waals surface area contributed by atoms with Crippen molar-refractivity contribution in [3.05, 3.63) is 91.0 Å². The molecule has 2 heterocycles. The van der Waals surface area contributed by atoms with E-state index in [1.54, 1.807) is 0 Å². The zero-order valence-electron chi connectivity index (χ0n) is 25.9. The van der Waals surface area contributed by atoms with Crippen LogP contribution in [0.25, 0.3) is 11.1 Å². The number of rotatable bonds is 8. The molecule has 2 bridgehead atoms. The van der Waals surface area contributed by atoms with Gasteiger partial charge in [-0.05, 0) is 48.7 Å². The molecule has 1 saturated heterocycles. The lowest BCUT2D eigenvalue weighted by molar-refractivity contribution is -0.263. The molecule has 3 fully saturated rings. The topological polar surface area (TPSA) is 136 Å². The Morgan fingerprint density at radius 3 is 2.00 bits per heavy atom. The fourth-order valence-corrected chi connectivity index (χ4v) is 18.1. The zero-order chi connectivity index (χ0) is 36.2. The van der Waals surface area contributed by atoms with Crippen molar-refractivity contribution in [3.63, 3.8) is 0 Å². The van der Waals surface area contributed by atoms with Gasteiger partial charge in [0.1, 0.15) is 12.2 Å². The lowest BCUT2D eigenvalue weighted by atomic mass is 9.78. The second-order valence-corrected chi connectivity index (χ2v) is 20.7. The molecule has 9 nitrogen and oxygen atoms in total. The van der Waals surface area contributed by atoms with Crippen LogP contribution in [0, 0.1) is 23.7 Å². The predicted octanol–water partition coefficient (Wildman–Crippen LogP) is 6.99. The molecule has 0 aromatic heterocycles.